The summed E-state index contributed by atoms with van der Waals surface area (Å²) in [6, 6.07) is 24.2. The molecule has 0 bridgehead atoms. The number of rotatable bonds is 3. The second-order valence-electron chi connectivity index (χ2n) is 7.48. The Bertz CT molecular complexity index is 1280. The molecule has 0 saturated carbocycles. The maximum Gasteiger partial charge on any atom is 0.247 e. The lowest BCUT2D eigenvalue weighted by atomic mass is 10.2. The Morgan fingerprint density at radius 1 is 0.550 bits per heavy atom. The van der Waals surface area contributed by atoms with Crippen molar-refractivity contribution in [1.82, 2.24) is 0 Å². The summed E-state index contributed by atoms with van der Waals surface area (Å²) >= 11 is 0. The predicted molar refractivity (Wildman–Crippen MR) is 142 cm³/mol. The molecule has 13 nitrogen and oxygen atoms in total. The van der Waals surface area contributed by atoms with Crippen molar-refractivity contribution in [2.24, 2.45) is 0 Å². The van der Waals surface area contributed by atoms with E-state index in [1.54, 1.807) is 54.6 Å². The van der Waals surface area contributed by atoms with Gasteiger partial charge in [0.1, 0.15) is 0 Å². The van der Waals surface area contributed by atoms with Crippen LogP contribution in [-0.2, 0) is 14.4 Å². The molecule has 3 aromatic rings. The van der Waals surface area contributed by atoms with Crippen LogP contribution in [0.2, 0.25) is 0 Å². The van der Waals surface area contributed by atoms with Gasteiger partial charge in [0, 0.05) is 20.8 Å². The SMILES string of the molecule is CC(=O)N(O)c1cccc(C#N)c1.CC(=O)N(O)c1cccc(C#N)c1.CC(=O)N(O)c1cccc(C#N)c1.O. The van der Waals surface area contributed by atoms with Gasteiger partial charge >= 0.3 is 0 Å². The van der Waals surface area contributed by atoms with Crippen LogP contribution in [0.25, 0.3) is 0 Å². The molecule has 5 N–H and O–H groups in total. The van der Waals surface area contributed by atoms with Gasteiger partial charge in [-0.1, -0.05) is 18.2 Å². The third-order valence-electron chi connectivity index (χ3n) is 4.55. The van der Waals surface area contributed by atoms with Crippen LogP contribution in [0.4, 0.5) is 17.1 Å². The van der Waals surface area contributed by atoms with E-state index in [4.69, 9.17) is 15.8 Å². The van der Waals surface area contributed by atoms with E-state index < -0.39 is 17.7 Å². The van der Waals surface area contributed by atoms with E-state index in [-0.39, 0.29) is 5.48 Å². The number of amides is 3. The normalized spacial score (nSPS) is 8.78. The van der Waals surface area contributed by atoms with Crippen molar-refractivity contribution in [3.05, 3.63) is 89.5 Å². The molecule has 0 radical (unpaired) electrons. The maximum absolute atomic E-state index is 10.7. The zero-order valence-electron chi connectivity index (χ0n) is 21.7. The van der Waals surface area contributed by atoms with Crippen LogP contribution >= 0.6 is 0 Å². The van der Waals surface area contributed by atoms with Gasteiger partial charge < -0.3 is 5.48 Å². The quantitative estimate of drug-likeness (QED) is 0.323. The molecule has 0 saturated heterocycles. The van der Waals surface area contributed by atoms with Gasteiger partial charge in [0.25, 0.3) is 0 Å². The number of carbonyl (C=O) groups excluding carboxylic acids is 3. The summed E-state index contributed by atoms with van der Waals surface area (Å²) in [6.07, 6.45) is 0. The minimum atomic E-state index is -0.491. The molecule has 0 fully saturated rings. The number of hydrogen-bond acceptors (Lipinski definition) is 9. The molecule has 0 unspecified atom stereocenters. The summed E-state index contributed by atoms with van der Waals surface area (Å²) in [5.74, 6) is -1.47. The maximum atomic E-state index is 10.7. The topological polar surface area (TPSA) is 224 Å². The number of nitrogens with zero attached hydrogens (tertiary/aromatic N) is 6. The highest BCUT2D eigenvalue weighted by atomic mass is 16.5. The molecule has 0 aliphatic carbocycles. The molecule has 3 amide bonds. The highest BCUT2D eigenvalue weighted by Crippen LogP contribution is 2.15. The molecule has 0 aliphatic heterocycles. The fraction of sp³-hybridized carbons (Fsp3) is 0.111. The Labute approximate surface area is 230 Å². The van der Waals surface area contributed by atoms with E-state index >= 15 is 0 Å². The molecule has 0 aliphatic rings. The van der Waals surface area contributed by atoms with Gasteiger partial charge in [-0.25, -0.2) is 0 Å². The van der Waals surface area contributed by atoms with Crippen molar-refractivity contribution >= 4 is 34.8 Å². The highest BCUT2D eigenvalue weighted by molar-refractivity contribution is 5.90. The van der Waals surface area contributed by atoms with Gasteiger partial charge in [-0.05, 0) is 54.6 Å². The Balaban J connectivity index is 0.000000563. The van der Waals surface area contributed by atoms with Crippen LogP contribution in [0.1, 0.15) is 37.5 Å². The highest BCUT2D eigenvalue weighted by Gasteiger charge is 2.09. The summed E-state index contributed by atoms with van der Waals surface area (Å²) in [6.45, 7) is 3.71. The average Bonchev–Trinajstić information content (AvgIpc) is 2.96. The summed E-state index contributed by atoms with van der Waals surface area (Å²) in [4.78, 5) is 32.2. The first-order valence-electron chi connectivity index (χ1n) is 10.9. The number of benzene rings is 3. The van der Waals surface area contributed by atoms with Crippen molar-refractivity contribution < 1.29 is 35.5 Å². The number of hydrogen-bond donors (Lipinski definition) is 3. The first-order valence-corrected chi connectivity index (χ1v) is 10.9. The lowest BCUT2D eigenvalue weighted by Gasteiger charge is -2.11. The first kappa shape index (κ1) is 34.4. The van der Waals surface area contributed by atoms with E-state index in [1.807, 2.05) is 18.2 Å². The predicted octanol–water partition coefficient (Wildman–Crippen LogP) is 3.08. The van der Waals surface area contributed by atoms with E-state index in [0.29, 0.717) is 48.9 Å². The molecule has 0 heterocycles. The smallest absolute Gasteiger partial charge is 0.247 e. The van der Waals surface area contributed by atoms with Crippen LogP contribution in [0.5, 0.6) is 0 Å². The second kappa shape index (κ2) is 17.0. The Morgan fingerprint density at radius 2 is 0.775 bits per heavy atom. The van der Waals surface area contributed by atoms with Crippen LogP contribution in [0.3, 0.4) is 0 Å². The van der Waals surface area contributed by atoms with Crippen molar-refractivity contribution in [3.8, 4) is 18.2 Å². The first-order chi connectivity index (χ1) is 18.4. The van der Waals surface area contributed by atoms with E-state index in [9.17, 15) is 30.0 Å². The van der Waals surface area contributed by atoms with Crippen molar-refractivity contribution in [3.63, 3.8) is 0 Å². The lowest BCUT2D eigenvalue weighted by molar-refractivity contribution is -0.122. The van der Waals surface area contributed by atoms with E-state index in [2.05, 4.69) is 0 Å². The standard InChI is InChI=1S/3C9H8N2O2.H2O/c3*1-7(12)11(13)9-4-2-3-8(5-9)6-10;/h3*2-5,13H,1H3;1H2. The zero-order chi connectivity index (χ0) is 29.5. The van der Waals surface area contributed by atoms with Gasteiger partial charge in [0.15, 0.2) is 0 Å². The van der Waals surface area contributed by atoms with E-state index in [1.165, 1.54) is 39.0 Å². The third kappa shape index (κ3) is 10.8. The van der Waals surface area contributed by atoms with Gasteiger partial charge in [-0.2, -0.15) is 31.0 Å². The number of nitriles is 3. The minimum Gasteiger partial charge on any atom is -0.412 e. The van der Waals surface area contributed by atoms with Crippen molar-refractivity contribution in [1.29, 1.82) is 15.8 Å². The lowest BCUT2D eigenvalue weighted by Crippen LogP contribution is -2.23. The molecular weight excluding hydrogens is 520 g/mol. The molecule has 40 heavy (non-hydrogen) atoms. The molecule has 206 valence electrons. The number of anilines is 3. The number of hydroxylamine groups is 3. The summed E-state index contributed by atoms with van der Waals surface area (Å²) in [5.41, 5.74) is 2.10. The van der Waals surface area contributed by atoms with Crippen LogP contribution in [0, 0.1) is 34.0 Å². The largest absolute Gasteiger partial charge is 0.412 e. The Hall–Kier alpha value is -5.62. The molecule has 0 spiro atoms. The van der Waals surface area contributed by atoms with Crippen LogP contribution in [-0.4, -0.2) is 38.8 Å². The monoisotopic (exact) mass is 546 g/mol. The van der Waals surface area contributed by atoms with Gasteiger partial charge in [0.2, 0.25) is 17.7 Å². The fourth-order valence-electron chi connectivity index (χ4n) is 2.67. The Kier molecular flexibility index (Phi) is 14.6. The fourth-order valence-corrected chi connectivity index (χ4v) is 2.67. The average molecular weight is 547 g/mol. The van der Waals surface area contributed by atoms with Crippen LogP contribution in [0.15, 0.2) is 72.8 Å². The summed E-state index contributed by atoms with van der Waals surface area (Å²) in [5, 5.41) is 54.7. The zero-order valence-corrected chi connectivity index (χ0v) is 21.7. The van der Waals surface area contributed by atoms with Crippen molar-refractivity contribution in [2.45, 2.75) is 20.8 Å². The van der Waals surface area contributed by atoms with E-state index in [0.717, 1.165) is 0 Å². The van der Waals surface area contributed by atoms with Crippen LogP contribution < -0.4 is 15.2 Å². The summed E-state index contributed by atoms with van der Waals surface area (Å²) < 4.78 is 0. The second-order valence-corrected chi connectivity index (χ2v) is 7.48. The molecule has 0 atom stereocenters. The van der Waals surface area contributed by atoms with Gasteiger partial charge in [-0.3, -0.25) is 30.0 Å². The molecule has 3 aromatic carbocycles. The van der Waals surface area contributed by atoms with Gasteiger partial charge in [-0.15, -0.1) is 0 Å². The third-order valence-corrected chi connectivity index (χ3v) is 4.55. The van der Waals surface area contributed by atoms with Gasteiger partial charge in [0.05, 0.1) is 52.0 Å². The molecule has 3 rings (SSSR count). The minimum absolute atomic E-state index is 0. The molecule has 0 aromatic heterocycles. The molecule has 13 heteroatoms. The Morgan fingerprint density at radius 3 is 0.950 bits per heavy atom. The van der Waals surface area contributed by atoms with Crippen molar-refractivity contribution in [2.75, 3.05) is 15.2 Å². The summed E-state index contributed by atoms with van der Waals surface area (Å²) in [7, 11) is 0. The number of carbonyl (C=O) groups is 3. The molecular formula is C27H26N6O7.